The summed E-state index contributed by atoms with van der Waals surface area (Å²) in [5.41, 5.74) is 0.456. The van der Waals surface area contributed by atoms with E-state index in [2.05, 4.69) is 5.32 Å². The fraction of sp³-hybridized carbons (Fsp3) is 0.312. The van der Waals surface area contributed by atoms with Crippen LogP contribution in [0.4, 0.5) is 5.69 Å². The van der Waals surface area contributed by atoms with Crippen LogP contribution in [-0.2, 0) is 4.74 Å². The third kappa shape index (κ3) is 4.25. The number of hydrogen-bond acceptors (Lipinski definition) is 7. The summed E-state index contributed by atoms with van der Waals surface area (Å²) >= 11 is 1.52. The standard InChI is InChI=1S/C16H18N2O6S/c1-22-13-6-11(12(18(20)21)7-14(13)23-2)16(19)17-8-15(24-3)10-4-5-25-9-10/h4-7,9,15H,8H2,1-3H3,(H,17,19). The van der Waals surface area contributed by atoms with Gasteiger partial charge in [0.05, 0.1) is 25.2 Å². The zero-order valence-electron chi connectivity index (χ0n) is 14.0. The van der Waals surface area contributed by atoms with Crippen LogP contribution < -0.4 is 14.8 Å². The molecule has 2 aromatic rings. The minimum absolute atomic E-state index is 0.108. The lowest BCUT2D eigenvalue weighted by Gasteiger charge is -2.15. The van der Waals surface area contributed by atoms with Crippen LogP contribution in [0.15, 0.2) is 29.0 Å². The molecule has 0 bridgehead atoms. The van der Waals surface area contributed by atoms with Crippen molar-refractivity contribution in [2.75, 3.05) is 27.9 Å². The highest BCUT2D eigenvalue weighted by molar-refractivity contribution is 7.07. The maximum atomic E-state index is 12.5. The summed E-state index contributed by atoms with van der Waals surface area (Å²) in [7, 11) is 4.29. The number of nitrogens with one attached hydrogen (secondary N) is 1. The molecule has 0 fully saturated rings. The molecular formula is C16H18N2O6S. The highest BCUT2D eigenvalue weighted by Gasteiger charge is 2.25. The van der Waals surface area contributed by atoms with Gasteiger partial charge in [-0.15, -0.1) is 0 Å². The first-order valence-electron chi connectivity index (χ1n) is 7.25. The first kappa shape index (κ1) is 18.7. The third-order valence-electron chi connectivity index (χ3n) is 3.59. The fourth-order valence-corrected chi connectivity index (χ4v) is 2.98. The van der Waals surface area contributed by atoms with Gasteiger partial charge in [-0.3, -0.25) is 14.9 Å². The van der Waals surface area contributed by atoms with Crippen LogP contribution in [-0.4, -0.2) is 38.7 Å². The summed E-state index contributed by atoms with van der Waals surface area (Å²) in [6.07, 6.45) is -0.339. The third-order valence-corrected chi connectivity index (χ3v) is 4.29. The van der Waals surface area contributed by atoms with Gasteiger partial charge in [-0.05, 0) is 22.4 Å². The second-order valence-electron chi connectivity index (χ2n) is 4.97. The Morgan fingerprint density at radius 2 is 1.96 bits per heavy atom. The van der Waals surface area contributed by atoms with E-state index in [9.17, 15) is 14.9 Å². The number of amides is 1. The molecule has 0 aliphatic carbocycles. The molecule has 1 N–H and O–H groups in total. The largest absolute Gasteiger partial charge is 0.493 e. The van der Waals surface area contributed by atoms with Crippen LogP contribution in [0, 0.1) is 10.1 Å². The minimum atomic E-state index is -0.635. The molecule has 1 amide bonds. The lowest BCUT2D eigenvalue weighted by Crippen LogP contribution is -2.29. The lowest BCUT2D eigenvalue weighted by molar-refractivity contribution is -0.385. The smallest absolute Gasteiger partial charge is 0.286 e. The maximum absolute atomic E-state index is 12.5. The Morgan fingerprint density at radius 1 is 1.28 bits per heavy atom. The Labute approximate surface area is 148 Å². The molecular weight excluding hydrogens is 348 g/mol. The average molecular weight is 366 g/mol. The van der Waals surface area contributed by atoms with E-state index < -0.39 is 10.8 Å². The number of carbonyl (C=O) groups excluding carboxylic acids is 1. The summed E-state index contributed by atoms with van der Waals surface area (Å²) in [5, 5.41) is 17.8. The molecule has 8 nitrogen and oxygen atoms in total. The number of nitrogens with zero attached hydrogens (tertiary/aromatic N) is 1. The summed E-state index contributed by atoms with van der Waals surface area (Å²) in [4.78, 5) is 23.1. The molecule has 1 heterocycles. The zero-order valence-corrected chi connectivity index (χ0v) is 14.8. The summed E-state index contributed by atoms with van der Waals surface area (Å²) < 4.78 is 15.5. The quantitative estimate of drug-likeness (QED) is 0.570. The number of thiophene rings is 1. The van der Waals surface area contributed by atoms with E-state index in [1.54, 1.807) is 0 Å². The summed E-state index contributed by atoms with van der Waals surface area (Å²) in [5.74, 6) is -0.178. The Balaban J connectivity index is 2.24. The van der Waals surface area contributed by atoms with Crippen LogP contribution in [0.3, 0.4) is 0 Å². The fourth-order valence-electron chi connectivity index (χ4n) is 2.28. The Hall–Kier alpha value is -2.65. The van der Waals surface area contributed by atoms with Gasteiger partial charge in [0, 0.05) is 19.7 Å². The van der Waals surface area contributed by atoms with Crippen LogP contribution >= 0.6 is 11.3 Å². The second-order valence-corrected chi connectivity index (χ2v) is 5.75. The van der Waals surface area contributed by atoms with Gasteiger partial charge < -0.3 is 19.5 Å². The maximum Gasteiger partial charge on any atom is 0.286 e. The molecule has 9 heteroatoms. The van der Waals surface area contributed by atoms with Gasteiger partial charge in [-0.1, -0.05) is 0 Å². The Morgan fingerprint density at radius 3 is 2.48 bits per heavy atom. The van der Waals surface area contributed by atoms with E-state index in [1.165, 1.54) is 44.8 Å². The van der Waals surface area contributed by atoms with Crippen LogP contribution in [0.1, 0.15) is 22.0 Å². The van der Waals surface area contributed by atoms with Crippen molar-refractivity contribution in [2.45, 2.75) is 6.10 Å². The monoisotopic (exact) mass is 366 g/mol. The van der Waals surface area contributed by atoms with Crippen molar-refractivity contribution in [3.8, 4) is 11.5 Å². The predicted molar refractivity (Wildman–Crippen MR) is 92.6 cm³/mol. The van der Waals surface area contributed by atoms with Gasteiger partial charge in [-0.25, -0.2) is 0 Å². The Bertz CT molecular complexity index is 747. The van der Waals surface area contributed by atoms with Crippen molar-refractivity contribution in [1.82, 2.24) is 5.32 Å². The van der Waals surface area contributed by atoms with Gasteiger partial charge >= 0.3 is 0 Å². The van der Waals surface area contributed by atoms with Crippen molar-refractivity contribution in [1.29, 1.82) is 0 Å². The molecule has 1 atom stereocenters. The normalized spacial score (nSPS) is 11.6. The van der Waals surface area contributed by atoms with Crippen molar-refractivity contribution < 1.29 is 23.9 Å². The number of nitro benzene ring substituents is 1. The number of methoxy groups -OCH3 is 3. The number of rotatable bonds is 8. The first-order chi connectivity index (χ1) is 12.0. The molecule has 0 aliphatic rings. The number of ether oxygens (including phenoxy) is 3. The molecule has 0 saturated heterocycles. The Kier molecular flexibility index (Phi) is 6.31. The van der Waals surface area contributed by atoms with Gasteiger partial charge in [0.2, 0.25) is 0 Å². The van der Waals surface area contributed by atoms with E-state index in [-0.39, 0.29) is 35.4 Å². The highest BCUT2D eigenvalue weighted by Crippen LogP contribution is 2.34. The van der Waals surface area contributed by atoms with E-state index in [0.29, 0.717) is 0 Å². The van der Waals surface area contributed by atoms with Gasteiger partial charge in [0.25, 0.3) is 11.6 Å². The molecule has 2 rings (SSSR count). The van der Waals surface area contributed by atoms with E-state index in [1.807, 2.05) is 16.8 Å². The molecule has 0 spiro atoms. The molecule has 25 heavy (non-hydrogen) atoms. The van der Waals surface area contributed by atoms with E-state index >= 15 is 0 Å². The van der Waals surface area contributed by atoms with E-state index in [4.69, 9.17) is 14.2 Å². The van der Waals surface area contributed by atoms with E-state index in [0.717, 1.165) is 5.56 Å². The molecule has 1 aromatic heterocycles. The van der Waals surface area contributed by atoms with Crippen LogP contribution in [0.2, 0.25) is 0 Å². The van der Waals surface area contributed by atoms with Crippen molar-refractivity contribution in [3.63, 3.8) is 0 Å². The molecule has 134 valence electrons. The number of carbonyl (C=O) groups is 1. The topological polar surface area (TPSA) is 99.9 Å². The molecule has 0 radical (unpaired) electrons. The average Bonchev–Trinajstić information content (AvgIpc) is 3.15. The molecule has 0 saturated carbocycles. The molecule has 0 aliphatic heterocycles. The second kappa shape index (κ2) is 8.45. The van der Waals surface area contributed by atoms with Crippen LogP contribution in [0.5, 0.6) is 11.5 Å². The van der Waals surface area contributed by atoms with Crippen LogP contribution in [0.25, 0.3) is 0 Å². The number of hydrogen-bond donors (Lipinski definition) is 1. The van der Waals surface area contributed by atoms with Crippen molar-refractivity contribution >= 4 is 22.9 Å². The number of nitro groups is 1. The SMILES string of the molecule is COc1cc(C(=O)NCC(OC)c2ccsc2)c([N+](=O)[O-])cc1OC. The lowest BCUT2D eigenvalue weighted by atomic mass is 10.1. The predicted octanol–water partition coefficient (Wildman–Crippen LogP) is 2.79. The minimum Gasteiger partial charge on any atom is -0.493 e. The summed E-state index contributed by atoms with van der Waals surface area (Å²) in [6.45, 7) is 0.178. The van der Waals surface area contributed by atoms with Gasteiger partial charge in [-0.2, -0.15) is 11.3 Å². The molecule has 1 unspecified atom stereocenters. The highest BCUT2D eigenvalue weighted by atomic mass is 32.1. The molecule has 1 aromatic carbocycles. The summed E-state index contributed by atoms with van der Waals surface area (Å²) in [6, 6.07) is 4.35. The van der Waals surface area contributed by atoms with Crippen molar-refractivity contribution in [3.05, 3.63) is 50.2 Å². The van der Waals surface area contributed by atoms with Gasteiger partial charge in [0.1, 0.15) is 11.7 Å². The number of benzene rings is 1. The van der Waals surface area contributed by atoms with Crippen molar-refractivity contribution in [2.24, 2.45) is 0 Å². The zero-order chi connectivity index (χ0) is 18.4. The first-order valence-corrected chi connectivity index (χ1v) is 8.19. The van der Waals surface area contributed by atoms with Gasteiger partial charge in [0.15, 0.2) is 11.5 Å².